The predicted molar refractivity (Wildman–Crippen MR) is 179 cm³/mol. The van der Waals surface area contributed by atoms with Gasteiger partial charge in [-0.3, -0.25) is 24.0 Å². The lowest BCUT2D eigenvalue weighted by Gasteiger charge is -2.35. The zero-order valence-electron chi connectivity index (χ0n) is 27.4. The summed E-state index contributed by atoms with van der Waals surface area (Å²) in [6, 6.07) is 13.9. The van der Waals surface area contributed by atoms with Gasteiger partial charge in [0.05, 0.1) is 18.3 Å². The molecule has 6 rings (SSSR count). The minimum absolute atomic E-state index is 0.0209. The monoisotopic (exact) mass is 675 g/mol. The van der Waals surface area contributed by atoms with Gasteiger partial charge in [-0.05, 0) is 47.8 Å². The van der Waals surface area contributed by atoms with Crippen LogP contribution in [-0.4, -0.2) is 70.3 Å². The molecule has 4 amide bonds. The number of ketones is 1. The van der Waals surface area contributed by atoms with Crippen molar-refractivity contribution >= 4 is 46.7 Å². The Balaban J connectivity index is 1.25. The second-order valence-electron chi connectivity index (χ2n) is 14.8. The second kappa shape index (κ2) is 13.0. The zero-order chi connectivity index (χ0) is 34.4. The van der Waals surface area contributed by atoms with E-state index in [4.69, 9.17) is 22.2 Å². The van der Waals surface area contributed by atoms with Crippen molar-refractivity contribution in [3.05, 3.63) is 70.7 Å². The number of oxime groups is 1. The summed E-state index contributed by atoms with van der Waals surface area (Å²) in [5, 5.41) is 10.6. The third-order valence-corrected chi connectivity index (χ3v) is 10.1. The van der Waals surface area contributed by atoms with Gasteiger partial charge < -0.3 is 26.1 Å². The molecule has 254 valence electrons. The van der Waals surface area contributed by atoms with Crippen LogP contribution in [0.4, 0.5) is 0 Å². The number of carbonyl (C=O) groups excluding carboxylic acids is 5. The van der Waals surface area contributed by atoms with Gasteiger partial charge >= 0.3 is 0 Å². The van der Waals surface area contributed by atoms with E-state index in [1.165, 1.54) is 4.90 Å². The molecule has 12 heteroatoms. The molecule has 6 atom stereocenters. The summed E-state index contributed by atoms with van der Waals surface area (Å²) in [4.78, 5) is 74.2. The molecule has 4 aliphatic rings. The van der Waals surface area contributed by atoms with Gasteiger partial charge in [-0.1, -0.05) is 92.8 Å². The molecule has 4 N–H and O–H groups in total. The van der Waals surface area contributed by atoms with E-state index in [0.29, 0.717) is 30.0 Å². The Kier molecular flexibility index (Phi) is 9.10. The number of nitrogens with zero attached hydrogens (tertiary/aromatic N) is 2. The number of hydrogen-bond donors (Lipinski definition) is 3. The number of likely N-dealkylation sites (tertiary alicyclic amines) is 1. The van der Waals surface area contributed by atoms with Crippen LogP contribution in [0.2, 0.25) is 5.02 Å². The summed E-state index contributed by atoms with van der Waals surface area (Å²) in [7, 11) is 0. The Bertz CT molecular complexity index is 1650. The van der Waals surface area contributed by atoms with Gasteiger partial charge in [-0.25, -0.2) is 0 Å². The quantitative estimate of drug-likeness (QED) is 0.309. The van der Waals surface area contributed by atoms with Crippen LogP contribution in [0.15, 0.2) is 59.8 Å². The van der Waals surface area contributed by atoms with Crippen molar-refractivity contribution in [3.63, 3.8) is 0 Å². The number of rotatable bonds is 11. The minimum Gasteiger partial charge on any atom is -0.387 e. The molecule has 1 saturated heterocycles. The van der Waals surface area contributed by atoms with Crippen molar-refractivity contribution in [3.8, 4) is 0 Å². The summed E-state index contributed by atoms with van der Waals surface area (Å²) < 4.78 is 0. The molecule has 2 saturated carbocycles. The third kappa shape index (κ3) is 7.26. The van der Waals surface area contributed by atoms with E-state index in [1.54, 1.807) is 18.2 Å². The van der Waals surface area contributed by atoms with Gasteiger partial charge in [0.1, 0.15) is 12.1 Å². The maximum absolute atomic E-state index is 14.6. The van der Waals surface area contributed by atoms with E-state index < -0.39 is 52.6 Å². The number of nitrogens with one attached hydrogen (secondary N) is 2. The first-order chi connectivity index (χ1) is 22.7. The molecule has 0 aromatic heterocycles. The summed E-state index contributed by atoms with van der Waals surface area (Å²) in [5.74, 6) is -3.22. The van der Waals surface area contributed by atoms with Crippen molar-refractivity contribution in [1.29, 1.82) is 0 Å². The Morgan fingerprint density at radius 2 is 1.77 bits per heavy atom. The molecule has 11 nitrogen and oxygen atoms in total. The maximum atomic E-state index is 14.6. The predicted octanol–water partition coefficient (Wildman–Crippen LogP) is 3.48. The van der Waals surface area contributed by atoms with Crippen molar-refractivity contribution in [2.75, 3.05) is 6.54 Å². The van der Waals surface area contributed by atoms with Crippen LogP contribution in [0, 0.1) is 17.3 Å². The van der Waals surface area contributed by atoms with E-state index in [0.717, 1.165) is 24.0 Å². The van der Waals surface area contributed by atoms with E-state index in [-0.39, 0.29) is 36.6 Å². The zero-order valence-corrected chi connectivity index (χ0v) is 28.2. The minimum atomic E-state index is -1.13. The molecule has 2 aromatic carbocycles. The lowest BCUT2D eigenvalue weighted by Crippen LogP contribution is -2.59. The topological polar surface area (TPSA) is 160 Å². The first-order valence-corrected chi connectivity index (χ1v) is 16.9. The molecular formula is C36H42ClN5O6. The average Bonchev–Trinajstić information content (AvgIpc) is 3.97. The summed E-state index contributed by atoms with van der Waals surface area (Å²) in [6.45, 7) is 5.61. The van der Waals surface area contributed by atoms with Gasteiger partial charge in [-0.15, -0.1) is 0 Å². The van der Waals surface area contributed by atoms with Gasteiger partial charge in [-0.2, -0.15) is 0 Å². The number of amides is 4. The SMILES string of the molecule is CC(C)(C)[C@H](NC(=O)[C@@H]1C[C@@H]1c1ccccc1)C(=O)N1C[C@@]2(CC(c3cccc(Cl)c3)=NO2)C[C@H]1C(=O)N[C@@H](CC1CC1)C(=O)C(N)=O. The number of halogens is 1. The van der Waals surface area contributed by atoms with E-state index in [2.05, 4.69) is 15.8 Å². The molecule has 1 spiro atoms. The Hall–Kier alpha value is -4.25. The molecule has 2 heterocycles. The van der Waals surface area contributed by atoms with Crippen LogP contribution in [-0.2, 0) is 28.8 Å². The smallest absolute Gasteiger partial charge is 0.287 e. The number of benzene rings is 2. The first-order valence-electron chi connectivity index (χ1n) is 16.6. The highest BCUT2D eigenvalue weighted by Crippen LogP contribution is 2.48. The molecule has 0 radical (unpaired) electrons. The lowest BCUT2D eigenvalue weighted by atomic mass is 9.85. The van der Waals surface area contributed by atoms with Gasteiger partial charge in [0.2, 0.25) is 23.5 Å². The van der Waals surface area contributed by atoms with Crippen molar-refractivity contribution in [2.24, 2.45) is 28.1 Å². The normalized spacial score (nSPS) is 25.9. The molecule has 2 aliphatic heterocycles. The summed E-state index contributed by atoms with van der Waals surface area (Å²) in [5.41, 5.74) is 6.06. The molecule has 0 bridgehead atoms. The summed E-state index contributed by atoms with van der Waals surface area (Å²) in [6.07, 6.45) is 3.16. The second-order valence-corrected chi connectivity index (χ2v) is 15.3. The van der Waals surface area contributed by atoms with E-state index in [9.17, 15) is 24.0 Å². The van der Waals surface area contributed by atoms with Crippen molar-refractivity contribution in [1.82, 2.24) is 15.5 Å². The maximum Gasteiger partial charge on any atom is 0.287 e. The average molecular weight is 676 g/mol. The third-order valence-electron chi connectivity index (χ3n) is 9.88. The number of carbonyl (C=O) groups is 5. The highest BCUT2D eigenvalue weighted by atomic mass is 35.5. The van der Waals surface area contributed by atoms with Crippen molar-refractivity contribution in [2.45, 2.75) is 88.9 Å². The highest BCUT2D eigenvalue weighted by molar-refractivity contribution is 6.37. The van der Waals surface area contributed by atoms with Gasteiger partial charge in [0.15, 0.2) is 5.60 Å². The number of primary amides is 1. The van der Waals surface area contributed by atoms with Crippen LogP contribution in [0.3, 0.4) is 0 Å². The van der Waals surface area contributed by atoms with E-state index in [1.807, 2.05) is 57.2 Å². The molecule has 0 unspecified atom stereocenters. The van der Waals surface area contributed by atoms with Crippen molar-refractivity contribution < 1.29 is 28.8 Å². The Labute approximate surface area is 284 Å². The molecule has 2 aliphatic carbocycles. The highest BCUT2D eigenvalue weighted by Gasteiger charge is 2.56. The first kappa shape index (κ1) is 33.6. The van der Waals surface area contributed by atoms with E-state index >= 15 is 0 Å². The number of nitrogens with two attached hydrogens (primary N) is 1. The van der Waals surface area contributed by atoms with Crippen LogP contribution in [0.25, 0.3) is 0 Å². The standard InChI is InChI=1S/C36H42ClN5O6/c1-35(2,3)30(40-32(45)25-16-24(25)21-8-5-4-6-9-21)34(47)42-19-36(17-27(41-48-36)22-10-7-11-23(37)15-22)18-28(42)33(46)39-26(14-20-12-13-20)29(43)31(38)44/h4-11,15,20,24-26,28,30H,12-14,16-19H2,1-3H3,(H2,38,44)(H,39,46)(H,40,45)/t24-,25-,26+,28+,30-,36-/m1/s1. The number of hydrogen-bond acceptors (Lipinski definition) is 7. The molecule has 3 fully saturated rings. The van der Waals surface area contributed by atoms with Crippen LogP contribution in [0.5, 0.6) is 0 Å². The fourth-order valence-corrected chi connectivity index (χ4v) is 7.12. The Morgan fingerprint density at radius 3 is 2.42 bits per heavy atom. The summed E-state index contributed by atoms with van der Waals surface area (Å²) >= 11 is 6.23. The van der Waals surface area contributed by atoms with Crippen LogP contribution >= 0.6 is 11.6 Å². The lowest BCUT2D eigenvalue weighted by molar-refractivity contribution is -0.145. The fraction of sp³-hybridized carbons (Fsp3) is 0.500. The molecule has 2 aromatic rings. The number of Topliss-reactive ketones (excluding diaryl/α,β-unsaturated/α-hetero) is 1. The van der Waals surface area contributed by atoms with Gasteiger partial charge in [0.25, 0.3) is 5.91 Å². The largest absolute Gasteiger partial charge is 0.387 e. The molecule has 48 heavy (non-hydrogen) atoms. The Morgan fingerprint density at radius 1 is 1.04 bits per heavy atom. The van der Waals surface area contributed by atoms with Crippen LogP contribution < -0.4 is 16.4 Å². The molecular weight excluding hydrogens is 634 g/mol. The van der Waals surface area contributed by atoms with Crippen LogP contribution in [0.1, 0.15) is 76.3 Å². The van der Waals surface area contributed by atoms with Gasteiger partial charge in [0, 0.05) is 29.3 Å². The fourth-order valence-electron chi connectivity index (χ4n) is 6.93.